The van der Waals surface area contributed by atoms with Gasteiger partial charge in [0.25, 0.3) is 0 Å². The Bertz CT molecular complexity index is 385. The maximum atomic E-state index is 5.52. The van der Waals surface area contributed by atoms with Gasteiger partial charge in [-0.3, -0.25) is 4.98 Å². The monoisotopic (exact) mass is 236 g/mol. The van der Waals surface area contributed by atoms with Gasteiger partial charge in [-0.2, -0.15) is 0 Å². The summed E-state index contributed by atoms with van der Waals surface area (Å²) >= 11 is 0. The van der Waals surface area contributed by atoms with Crippen LogP contribution in [0.15, 0.2) is 12.3 Å². The van der Waals surface area contributed by atoms with Gasteiger partial charge in [0.2, 0.25) is 0 Å². The standard InChI is InChI=1S/C13H20N2O2/c1-13(2,3)9-14-7-10-6-11-12(8-15-10)17-5-4-16-11/h6,8,14H,4-5,7,9H2,1-3H3. The van der Waals surface area contributed by atoms with E-state index in [9.17, 15) is 0 Å². The third kappa shape index (κ3) is 3.60. The summed E-state index contributed by atoms with van der Waals surface area (Å²) in [6, 6.07) is 1.95. The van der Waals surface area contributed by atoms with Gasteiger partial charge in [-0.1, -0.05) is 20.8 Å². The molecular formula is C13H20N2O2. The lowest BCUT2D eigenvalue weighted by molar-refractivity contribution is 0.170. The van der Waals surface area contributed by atoms with E-state index in [1.807, 2.05) is 6.07 Å². The van der Waals surface area contributed by atoms with E-state index in [0.717, 1.165) is 30.3 Å². The molecule has 0 aromatic carbocycles. The molecule has 0 amide bonds. The first-order valence-electron chi connectivity index (χ1n) is 6.00. The molecule has 0 radical (unpaired) electrons. The van der Waals surface area contributed by atoms with Crippen LogP contribution in [0.25, 0.3) is 0 Å². The third-order valence-electron chi connectivity index (χ3n) is 2.45. The summed E-state index contributed by atoms with van der Waals surface area (Å²) in [6.45, 7) is 9.56. The van der Waals surface area contributed by atoms with Gasteiger partial charge in [0.05, 0.1) is 11.9 Å². The number of fused-ring (bicyclic) bond motifs is 1. The first kappa shape index (κ1) is 12.2. The Morgan fingerprint density at radius 1 is 1.24 bits per heavy atom. The number of nitrogens with zero attached hydrogens (tertiary/aromatic N) is 1. The van der Waals surface area contributed by atoms with Crippen molar-refractivity contribution in [3.63, 3.8) is 0 Å². The molecule has 1 aliphatic rings. The van der Waals surface area contributed by atoms with E-state index in [1.54, 1.807) is 6.20 Å². The van der Waals surface area contributed by atoms with E-state index < -0.39 is 0 Å². The van der Waals surface area contributed by atoms with E-state index in [4.69, 9.17) is 9.47 Å². The largest absolute Gasteiger partial charge is 0.486 e. The van der Waals surface area contributed by atoms with Crippen LogP contribution in [-0.2, 0) is 6.54 Å². The van der Waals surface area contributed by atoms with Crippen LogP contribution >= 0.6 is 0 Å². The van der Waals surface area contributed by atoms with E-state index in [1.165, 1.54) is 0 Å². The summed E-state index contributed by atoms with van der Waals surface area (Å²) in [7, 11) is 0. The van der Waals surface area contributed by atoms with E-state index >= 15 is 0 Å². The zero-order valence-corrected chi connectivity index (χ0v) is 10.7. The summed E-state index contributed by atoms with van der Waals surface area (Å²) in [5, 5.41) is 3.39. The summed E-state index contributed by atoms with van der Waals surface area (Å²) in [4.78, 5) is 4.34. The molecule has 1 N–H and O–H groups in total. The maximum absolute atomic E-state index is 5.52. The number of hydrogen-bond donors (Lipinski definition) is 1. The minimum absolute atomic E-state index is 0.286. The quantitative estimate of drug-likeness (QED) is 0.871. The molecule has 0 aliphatic carbocycles. The average molecular weight is 236 g/mol. The molecule has 0 fully saturated rings. The Labute approximate surface area is 102 Å². The molecule has 0 saturated carbocycles. The Hall–Kier alpha value is -1.29. The summed E-state index contributed by atoms with van der Waals surface area (Å²) in [5.74, 6) is 1.55. The number of nitrogens with one attached hydrogen (secondary N) is 1. The van der Waals surface area contributed by atoms with Gasteiger partial charge < -0.3 is 14.8 Å². The second-order valence-electron chi connectivity index (χ2n) is 5.48. The van der Waals surface area contributed by atoms with Crippen molar-refractivity contribution in [2.24, 2.45) is 5.41 Å². The van der Waals surface area contributed by atoms with Gasteiger partial charge in [-0.25, -0.2) is 0 Å². The van der Waals surface area contributed by atoms with Crippen LogP contribution in [-0.4, -0.2) is 24.7 Å². The van der Waals surface area contributed by atoms with Gasteiger partial charge in [0.1, 0.15) is 13.2 Å². The van der Waals surface area contributed by atoms with Crippen molar-refractivity contribution in [2.75, 3.05) is 19.8 Å². The van der Waals surface area contributed by atoms with Crippen LogP contribution in [0.1, 0.15) is 26.5 Å². The molecule has 4 nitrogen and oxygen atoms in total. The van der Waals surface area contributed by atoms with Gasteiger partial charge in [0, 0.05) is 19.2 Å². The Morgan fingerprint density at radius 2 is 1.94 bits per heavy atom. The van der Waals surface area contributed by atoms with Crippen LogP contribution in [0.3, 0.4) is 0 Å². The molecule has 1 aliphatic heterocycles. The number of aromatic nitrogens is 1. The highest BCUT2D eigenvalue weighted by molar-refractivity contribution is 5.39. The lowest BCUT2D eigenvalue weighted by Gasteiger charge is -2.20. The lowest BCUT2D eigenvalue weighted by atomic mass is 9.97. The predicted molar refractivity (Wildman–Crippen MR) is 66.4 cm³/mol. The van der Waals surface area contributed by atoms with Gasteiger partial charge in [0.15, 0.2) is 11.5 Å². The summed E-state index contributed by atoms with van der Waals surface area (Å²) < 4.78 is 10.9. The number of rotatable bonds is 3. The van der Waals surface area contributed by atoms with Crippen LogP contribution < -0.4 is 14.8 Å². The molecule has 0 unspecified atom stereocenters. The van der Waals surface area contributed by atoms with Gasteiger partial charge >= 0.3 is 0 Å². The molecule has 0 atom stereocenters. The molecule has 2 heterocycles. The Kier molecular flexibility index (Phi) is 3.52. The van der Waals surface area contributed by atoms with Crippen molar-refractivity contribution < 1.29 is 9.47 Å². The fourth-order valence-corrected chi connectivity index (χ4v) is 1.65. The zero-order valence-electron chi connectivity index (χ0n) is 10.7. The SMILES string of the molecule is CC(C)(C)CNCc1cc2c(cn1)OCCO2. The zero-order chi connectivity index (χ0) is 12.3. The maximum Gasteiger partial charge on any atom is 0.179 e. The fraction of sp³-hybridized carbons (Fsp3) is 0.615. The molecule has 17 heavy (non-hydrogen) atoms. The average Bonchev–Trinajstić information content (AvgIpc) is 2.27. The van der Waals surface area contributed by atoms with Crippen molar-refractivity contribution >= 4 is 0 Å². The third-order valence-corrected chi connectivity index (χ3v) is 2.45. The second kappa shape index (κ2) is 4.92. The van der Waals surface area contributed by atoms with Gasteiger partial charge in [-0.05, 0) is 5.41 Å². The van der Waals surface area contributed by atoms with Crippen LogP contribution in [0, 0.1) is 5.41 Å². The highest BCUT2D eigenvalue weighted by atomic mass is 16.6. The Morgan fingerprint density at radius 3 is 2.65 bits per heavy atom. The molecule has 1 aromatic rings. The molecule has 0 spiro atoms. The first-order chi connectivity index (χ1) is 8.04. The van der Waals surface area contributed by atoms with Crippen LogP contribution in [0.2, 0.25) is 0 Å². The second-order valence-corrected chi connectivity index (χ2v) is 5.48. The van der Waals surface area contributed by atoms with Crippen molar-refractivity contribution in [2.45, 2.75) is 27.3 Å². The van der Waals surface area contributed by atoms with E-state index in [0.29, 0.717) is 13.2 Å². The molecule has 0 saturated heterocycles. The molecule has 0 bridgehead atoms. The lowest BCUT2D eigenvalue weighted by Crippen LogP contribution is -2.26. The summed E-state index contributed by atoms with van der Waals surface area (Å²) in [5.41, 5.74) is 1.27. The first-order valence-corrected chi connectivity index (χ1v) is 6.00. The van der Waals surface area contributed by atoms with E-state index in [2.05, 4.69) is 31.1 Å². The highest BCUT2D eigenvalue weighted by Crippen LogP contribution is 2.29. The molecule has 2 rings (SSSR count). The fourth-order valence-electron chi connectivity index (χ4n) is 1.65. The number of pyridine rings is 1. The Balaban J connectivity index is 1.93. The highest BCUT2D eigenvalue weighted by Gasteiger charge is 2.13. The molecule has 4 heteroatoms. The van der Waals surface area contributed by atoms with Crippen molar-refractivity contribution in [1.82, 2.24) is 10.3 Å². The minimum atomic E-state index is 0.286. The molecule has 94 valence electrons. The van der Waals surface area contributed by atoms with Crippen LogP contribution in [0.5, 0.6) is 11.5 Å². The summed E-state index contributed by atoms with van der Waals surface area (Å²) in [6.07, 6.45) is 1.74. The van der Waals surface area contributed by atoms with Crippen molar-refractivity contribution in [1.29, 1.82) is 0 Å². The topological polar surface area (TPSA) is 43.4 Å². The van der Waals surface area contributed by atoms with Crippen molar-refractivity contribution in [3.8, 4) is 11.5 Å². The smallest absolute Gasteiger partial charge is 0.179 e. The van der Waals surface area contributed by atoms with Crippen LogP contribution in [0.4, 0.5) is 0 Å². The normalized spacial score (nSPS) is 14.8. The number of ether oxygens (including phenoxy) is 2. The molecular weight excluding hydrogens is 216 g/mol. The number of hydrogen-bond acceptors (Lipinski definition) is 4. The van der Waals surface area contributed by atoms with Crippen molar-refractivity contribution in [3.05, 3.63) is 18.0 Å². The molecule has 1 aromatic heterocycles. The predicted octanol–water partition coefficient (Wildman–Crippen LogP) is 1.99. The van der Waals surface area contributed by atoms with E-state index in [-0.39, 0.29) is 5.41 Å². The minimum Gasteiger partial charge on any atom is -0.486 e. The van der Waals surface area contributed by atoms with Gasteiger partial charge in [-0.15, -0.1) is 0 Å².